The molecular formula is C25H23FN2O2S. The standard InChI is InChI=1S/C25H23FN2O2S/c26-20-3-1-2-4-22(20)30-23-11-14-28-21-15-24(31-25(21)23)18-5-7-19(8-6-18)29-16-17-9-12-27-13-10-17/h1-8,11,14-15,17,27H,9-10,12-13,16H2. The average Bonchev–Trinajstić information content (AvgIpc) is 3.26. The molecule has 31 heavy (non-hydrogen) atoms. The van der Waals surface area contributed by atoms with Crippen molar-refractivity contribution in [2.45, 2.75) is 12.8 Å². The van der Waals surface area contributed by atoms with Gasteiger partial charge in [-0.3, -0.25) is 4.98 Å². The molecule has 1 saturated heterocycles. The first-order valence-corrected chi connectivity index (χ1v) is 11.3. The molecule has 5 rings (SSSR count). The summed E-state index contributed by atoms with van der Waals surface area (Å²) in [6.07, 6.45) is 4.03. The number of ether oxygens (including phenoxy) is 2. The number of thiophene rings is 1. The molecule has 158 valence electrons. The van der Waals surface area contributed by atoms with Crippen LogP contribution in [0.5, 0.6) is 17.2 Å². The SMILES string of the molecule is Fc1ccccc1Oc1ccnc2cc(-c3ccc(OCC4CCNCC4)cc3)sc12. The average molecular weight is 435 g/mol. The maximum atomic E-state index is 14.0. The lowest BCUT2D eigenvalue weighted by Gasteiger charge is -2.22. The van der Waals surface area contributed by atoms with E-state index in [1.54, 1.807) is 41.8 Å². The normalized spacial score (nSPS) is 14.6. The number of aromatic nitrogens is 1. The number of halogens is 1. The number of piperidine rings is 1. The summed E-state index contributed by atoms with van der Waals surface area (Å²) in [5, 5.41) is 3.38. The van der Waals surface area contributed by atoms with Gasteiger partial charge in [0.2, 0.25) is 0 Å². The van der Waals surface area contributed by atoms with Gasteiger partial charge in [0.1, 0.15) is 11.5 Å². The fourth-order valence-electron chi connectivity index (χ4n) is 3.76. The van der Waals surface area contributed by atoms with E-state index < -0.39 is 0 Å². The largest absolute Gasteiger partial charge is 0.493 e. The minimum Gasteiger partial charge on any atom is -0.493 e. The number of benzene rings is 2. The van der Waals surface area contributed by atoms with E-state index in [2.05, 4.69) is 22.4 Å². The number of rotatable bonds is 6. The molecule has 6 heteroatoms. The molecule has 2 aromatic carbocycles. The summed E-state index contributed by atoms with van der Waals surface area (Å²) >= 11 is 1.59. The maximum absolute atomic E-state index is 14.0. The van der Waals surface area contributed by atoms with Crippen LogP contribution in [0, 0.1) is 11.7 Å². The topological polar surface area (TPSA) is 43.4 Å². The Hall–Kier alpha value is -2.96. The van der Waals surface area contributed by atoms with Gasteiger partial charge < -0.3 is 14.8 Å². The molecule has 1 aliphatic rings. The summed E-state index contributed by atoms with van der Waals surface area (Å²) in [4.78, 5) is 5.54. The third kappa shape index (κ3) is 4.55. The lowest BCUT2D eigenvalue weighted by atomic mass is 9.99. The molecule has 0 amide bonds. The predicted octanol–water partition coefficient (Wildman–Crippen LogP) is 6.27. The van der Waals surface area contributed by atoms with Crippen LogP contribution in [0.3, 0.4) is 0 Å². The number of para-hydroxylation sites is 1. The van der Waals surface area contributed by atoms with Crippen LogP contribution >= 0.6 is 11.3 Å². The van der Waals surface area contributed by atoms with E-state index in [1.807, 2.05) is 18.2 Å². The first kappa shape index (κ1) is 20.0. The van der Waals surface area contributed by atoms with Crippen LogP contribution in [-0.4, -0.2) is 24.7 Å². The highest BCUT2D eigenvalue weighted by Crippen LogP contribution is 2.39. The summed E-state index contributed by atoms with van der Waals surface area (Å²) in [6.45, 7) is 2.93. The Labute approximate surface area is 184 Å². The molecule has 1 N–H and O–H groups in total. The third-order valence-electron chi connectivity index (χ3n) is 5.52. The predicted molar refractivity (Wildman–Crippen MR) is 123 cm³/mol. The number of nitrogens with zero attached hydrogens (tertiary/aromatic N) is 1. The zero-order valence-corrected chi connectivity index (χ0v) is 17.8. The molecule has 0 radical (unpaired) electrons. The van der Waals surface area contributed by atoms with E-state index in [9.17, 15) is 4.39 Å². The van der Waals surface area contributed by atoms with Crippen LogP contribution in [0.4, 0.5) is 4.39 Å². The van der Waals surface area contributed by atoms with Gasteiger partial charge in [0.25, 0.3) is 0 Å². The Kier molecular flexibility index (Phi) is 5.82. The van der Waals surface area contributed by atoms with Crippen molar-refractivity contribution in [2.75, 3.05) is 19.7 Å². The second-order valence-corrected chi connectivity index (χ2v) is 8.75. The molecule has 1 aliphatic heterocycles. The highest BCUT2D eigenvalue weighted by molar-refractivity contribution is 7.22. The highest BCUT2D eigenvalue weighted by atomic mass is 32.1. The summed E-state index contributed by atoms with van der Waals surface area (Å²) in [6, 6.07) is 18.4. The molecule has 0 spiro atoms. The summed E-state index contributed by atoms with van der Waals surface area (Å²) in [5.41, 5.74) is 1.93. The van der Waals surface area contributed by atoms with E-state index in [4.69, 9.17) is 9.47 Å². The van der Waals surface area contributed by atoms with Crippen LogP contribution in [-0.2, 0) is 0 Å². The van der Waals surface area contributed by atoms with Gasteiger partial charge >= 0.3 is 0 Å². The van der Waals surface area contributed by atoms with Crippen molar-refractivity contribution in [1.29, 1.82) is 0 Å². The Bertz CT molecular complexity index is 1170. The van der Waals surface area contributed by atoms with Crippen LogP contribution in [0.2, 0.25) is 0 Å². The first-order valence-electron chi connectivity index (χ1n) is 10.5. The van der Waals surface area contributed by atoms with Gasteiger partial charge in [0, 0.05) is 17.1 Å². The van der Waals surface area contributed by atoms with Crippen LogP contribution in [0.1, 0.15) is 12.8 Å². The Morgan fingerprint density at radius 1 is 1.00 bits per heavy atom. The molecule has 4 nitrogen and oxygen atoms in total. The molecular weight excluding hydrogens is 411 g/mol. The Morgan fingerprint density at radius 3 is 2.61 bits per heavy atom. The van der Waals surface area contributed by atoms with E-state index in [0.717, 1.165) is 46.1 Å². The zero-order chi connectivity index (χ0) is 21.0. The second kappa shape index (κ2) is 9.04. The summed E-state index contributed by atoms with van der Waals surface area (Å²) in [7, 11) is 0. The van der Waals surface area contributed by atoms with Crippen molar-refractivity contribution in [3.05, 3.63) is 72.7 Å². The number of hydrogen-bond donors (Lipinski definition) is 1. The number of nitrogens with one attached hydrogen (secondary N) is 1. The Morgan fingerprint density at radius 2 is 1.81 bits per heavy atom. The van der Waals surface area contributed by atoms with Gasteiger partial charge in [-0.1, -0.05) is 12.1 Å². The first-order chi connectivity index (χ1) is 15.3. The van der Waals surface area contributed by atoms with Crippen molar-refractivity contribution >= 4 is 21.6 Å². The van der Waals surface area contributed by atoms with E-state index >= 15 is 0 Å². The fourth-order valence-corrected chi connectivity index (χ4v) is 4.83. The molecule has 0 atom stereocenters. The van der Waals surface area contributed by atoms with Crippen molar-refractivity contribution in [3.63, 3.8) is 0 Å². The van der Waals surface area contributed by atoms with Gasteiger partial charge in [-0.25, -0.2) is 4.39 Å². The fraction of sp³-hybridized carbons (Fsp3) is 0.240. The quantitative estimate of drug-likeness (QED) is 0.388. The maximum Gasteiger partial charge on any atom is 0.165 e. The molecule has 1 fully saturated rings. The second-order valence-electron chi connectivity index (χ2n) is 7.70. The highest BCUT2D eigenvalue weighted by Gasteiger charge is 2.14. The van der Waals surface area contributed by atoms with Gasteiger partial charge in [0.15, 0.2) is 11.6 Å². The van der Waals surface area contributed by atoms with Crippen molar-refractivity contribution in [3.8, 4) is 27.7 Å². The summed E-state index contributed by atoms with van der Waals surface area (Å²) in [5.74, 6) is 1.95. The van der Waals surface area contributed by atoms with Gasteiger partial charge in [0.05, 0.1) is 16.8 Å². The van der Waals surface area contributed by atoms with Crippen LogP contribution in [0.25, 0.3) is 20.7 Å². The molecule has 4 aromatic rings. The molecule has 2 aromatic heterocycles. The molecule has 0 aliphatic carbocycles. The van der Waals surface area contributed by atoms with E-state index in [1.165, 1.54) is 18.9 Å². The number of pyridine rings is 1. The van der Waals surface area contributed by atoms with E-state index in [0.29, 0.717) is 11.7 Å². The Balaban J connectivity index is 1.34. The molecule has 0 unspecified atom stereocenters. The third-order valence-corrected chi connectivity index (χ3v) is 6.70. The molecule has 0 saturated carbocycles. The minimum atomic E-state index is -0.385. The molecule has 3 heterocycles. The number of fused-ring (bicyclic) bond motifs is 1. The lowest BCUT2D eigenvalue weighted by molar-refractivity contribution is 0.215. The smallest absolute Gasteiger partial charge is 0.165 e. The van der Waals surface area contributed by atoms with Crippen LogP contribution < -0.4 is 14.8 Å². The summed E-state index contributed by atoms with van der Waals surface area (Å²) < 4.78 is 26.8. The van der Waals surface area contributed by atoms with Gasteiger partial charge in [-0.15, -0.1) is 11.3 Å². The van der Waals surface area contributed by atoms with Gasteiger partial charge in [-0.05, 0) is 79.9 Å². The van der Waals surface area contributed by atoms with Crippen LogP contribution in [0.15, 0.2) is 66.9 Å². The van der Waals surface area contributed by atoms with Gasteiger partial charge in [-0.2, -0.15) is 0 Å². The van der Waals surface area contributed by atoms with Crippen molar-refractivity contribution in [1.82, 2.24) is 10.3 Å². The van der Waals surface area contributed by atoms with Crippen molar-refractivity contribution < 1.29 is 13.9 Å². The lowest BCUT2D eigenvalue weighted by Crippen LogP contribution is -2.30. The minimum absolute atomic E-state index is 0.209. The zero-order valence-electron chi connectivity index (χ0n) is 17.0. The van der Waals surface area contributed by atoms with E-state index in [-0.39, 0.29) is 11.6 Å². The monoisotopic (exact) mass is 434 g/mol. The number of hydrogen-bond acceptors (Lipinski definition) is 5. The molecule has 0 bridgehead atoms. The van der Waals surface area contributed by atoms with Crippen molar-refractivity contribution in [2.24, 2.45) is 5.92 Å².